The van der Waals surface area contributed by atoms with Crippen molar-refractivity contribution in [2.45, 2.75) is 64.7 Å². The van der Waals surface area contributed by atoms with Crippen molar-refractivity contribution in [2.24, 2.45) is 0 Å². The van der Waals surface area contributed by atoms with Crippen LogP contribution in [0.1, 0.15) is 63.9 Å². The molecule has 0 aliphatic heterocycles. The lowest BCUT2D eigenvalue weighted by Gasteiger charge is -2.07. The molecule has 2 nitrogen and oxygen atoms in total. The first kappa shape index (κ1) is 17.5. The summed E-state index contributed by atoms with van der Waals surface area (Å²) in [6, 6.07) is 14.5. The molecule has 0 bridgehead atoms. The van der Waals surface area contributed by atoms with Gasteiger partial charge in [-0.05, 0) is 42.7 Å². The van der Waals surface area contributed by atoms with E-state index in [-0.39, 0.29) is 0 Å². The van der Waals surface area contributed by atoms with Crippen LogP contribution >= 0.6 is 0 Å². The molecule has 1 aromatic heterocycles. The van der Waals surface area contributed by atoms with Gasteiger partial charge in [-0.2, -0.15) is 0 Å². The first-order valence-corrected chi connectivity index (χ1v) is 9.15. The molecule has 0 saturated carbocycles. The summed E-state index contributed by atoms with van der Waals surface area (Å²) in [5, 5.41) is 3.36. The maximum atomic E-state index is 4.41. The molecule has 0 fully saturated rings. The lowest BCUT2D eigenvalue weighted by atomic mass is 10.0. The first-order valence-electron chi connectivity index (χ1n) is 9.15. The van der Waals surface area contributed by atoms with Gasteiger partial charge in [0.1, 0.15) is 5.82 Å². The van der Waals surface area contributed by atoms with Gasteiger partial charge in [-0.15, -0.1) is 0 Å². The van der Waals surface area contributed by atoms with Crippen molar-refractivity contribution < 1.29 is 0 Å². The summed E-state index contributed by atoms with van der Waals surface area (Å²) in [5.74, 6) is 0.938. The van der Waals surface area contributed by atoms with Crippen LogP contribution in [0.25, 0.3) is 0 Å². The predicted molar refractivity (Wildman–Crippen MR) is 100 cm³/mol. The third-order valence-corrected chi connectivity index (χ3v) is 4.19. The minimum Gasteiger partial charge on any atom is -0.340 e. The summed E-state index contributed by atoms with van der Waals surface area (Å²) in [6.45, 7) is 2.27. The summed E-state index contributed by atoms with van der Waals surface area (Å²) in [6.07, 6.45) is 14.0. The molecular formula is C21H30N2. The van der Waals surface area contributed by atoms with Gasteiger partial charge in [0, 0.05) is 11.9 Å². The topological polar surface area (TPSA) is 24.9 Å². The van der Waals surface area contributed by atoms with Gasteiger partial charge >= 0.3 is 0 Å². The van der Waals surface area contributed by atoms with Crippen molar-refractivity contribution >= 4 is 11.5 Å². The van der Waals surface area contributed by atoms with Crippen molar-refractivity contribution in [2.75, 3.05) is 5.32 Å². The Bertz CT molecular complexity index is 537. The molecule has 0 atom stereocenters. The zero-order valence-electron chi connectivity index (χ0n) is 14.4. The van der Waals surface area contributed by atoms with E-state index in [0.717, 1.165) is 17.9 Å². The number of nitrogens with one attached hydrogen (secondary N) is 1. The van der Waals surface area contributed by atoms with E-state index in [9.17, 15) is 0 Å². The highest BCUT2D eigenvalue weighted by molar-refractivity contribution is 5.56. The second-order valence-corrected chi connectivity index (χ2v) is 6.27. The number of anilines is 2. The monoisotopic (exact) mass is 310 g/mol. The van der Waals surface area contributed by atoms with Gasteiger partial charge in [-0.25, -0.2) is 4.98 Å². The molecule has 124 valence electrons. The number of rotatable bonds is 11. The Labute approximate surface area is 141 Å². The molecule has 1 heterocycles. The van der Waals surface area contributed by atoms with E-state index in [1.807, 2.05) is 24.4 Å². The molecule has 0 amide bonds. The van der Waals surface area contributed by atoms with Crippen LogP contribution in [0.5, 0.6) is 0 Å². The molecule has 0 unspecified atom stereocenters. The van der Waals surface area contributed by atoms with Crippen molar-refractivity contribution in [1.29, 1.82) is 0 Å². The van der Waals surface area contributed by atoms with E-state index in [1.54, 1.807) is 0 Å². The Kier molecular flexibility index (Phi) is 8.25. The predicted octanol–water partition coefficient (Wildman–Crippen LogP) is 6.51. The highest BCUT2D eigenvalue weighted by Crippen LogP contribution is 2.16. The number of benzene rings is 1. The van der Waals surface area contributed by atoms with E-state index in [1.165, 1.54) is 56.9 Å². The van der Waals surface area contributed by atoms with E-state index >= 15 is 0 Å². The molecule has 0 radical (unpaired) electrons. The SMILES string of the molecule is CCCCCCCCCCc1ccnc(Nc2ccccc2)c1. The summed E-state index contributed by atoms with van der Waals surface area (Å²) in [7, 11) is 0. The Hall–Kier alpha value is -1.83. The third kappa shape index (κ3) is 7.32. The largest absolute Gasteiger partial charge is 0.340 e. The van der Waals surface area contributed by atoms with Gasteiger partial charge in [-0.3, -0.25) is 0 Å². The number of pyridine rings is 1. The van der Waals surface area contributed by atoms with E-state index in [0.29, 0.717) is 0 Å². The summed E-state index contributed by atoms with van der Waals surface area (Å²) < 4.78 is 0. The Morgan fingerprint density at radius 1 is 0.826 bits per heavy atom. The van der Waals surface area contributed by atoms with Gasteiger partial charge in [0.2, 0.25) is 0 Å². The molecule has 2 heteroatoms. The maximum absolute atomic E-state index is 4.41. The average Bonchev–Trinajstić information content (AvgIpc) is 2.58. The quantitative estimate of drug-likeness (QED) is 0.479. The second kappa shape index (κ2) is 10.8. The molecule has 0 aliphatic carbocycles. The number of unbranched alkanes of at least 4 members (excludes halogenated alkanes) is 7. The summed E-state index contributed by atoms with van der Waals surface area (Å²) in [5.41, 5.74) is 2.47. The number of aryl methyl sites for hydroxylation is 1. The minimum absolute atomic E-state index is 0.938. The standard InChI is InChI=1S/C21H30N2/c1-2-3-4-5-6-7-8-10-13-19-16-17-22-21(18-19)23-20-14-11-9-12-15-20/h9,11-12,14-18H,2-8,10,13H2,1H3,(H,22,23). The summed E-state index contributed by atoms with van der Waals surface area (Å²) >= 11 is 0. The number of nitrogens with zero attached hydrogens (tertiary/aromatic N) is 1. The molecule has 23 heavy (non-hydrogen) atoms. The zero-order chi connectivity index (χ0) is 16.2. The van der Waals surface area contributed by atoms with Crippen LogP contribution in [0.4, 0.5) is 11.5 Å². The Balaban J connectivity index is 1.67. The van der Waals surface area contributed by atoms with Crippen LogP contribution < -0.4 is 5.32 Å². The molecule has 0 spiro atoms. The van der Waals surface area contributed by atoms with Crippen LogP contribution in [0.15, 0.2) is 48.7 Å². The van der Waals surface area contributed by atoms with Crippen molar-refractivity contribution in [3.05, 3.63) is 54.2 Å². The molecule has 0 aliphatic rings. The van der Waals surface area contributed by atoms with Crippen molar-refractivity contribution in [1.82, 2.24) is 4.98 Å². The van der Waals surface area contributed by atoms with Gasteiger partial charge in [-0.1, -0.05) is 70.1 Å². The van der Waals surface area contributed by atoms with Crippen LogP contribution in [0.2, 0.25) is 0 Å². The summed E-state index contributed by atoms with van der Waals surface area (Å²) in [4.78, 5) is 4.41. The fraction of sp³-hybridized carbons (Fsp3) is 0.476. The zero-order valence-corrected chi connectivity index (χ0v) is 14.4. The molecule has 2 aromatic rings. The van der Waals surface area contributed by atoms with Crippen LogP contribution in [0.3, 0.4) is 0 Å². The van der Waals surface area contributed by atoms with Crippen molar-refractivity contribution in [3.8, 4) is 0 Å². The first-order chi connectivity index (χ1) is 11.4. The molecule has 1 N–H and O–H groups in total. The fourth-order valence-electron chi connectivity index (χ4n) is 2.83. The number of hydrogen-bond donors (Lipinski definition) is 1. The third-order valence-electron chi connectivity index (χ3n) is 4.19. The van der Waals surface area contributed by atoms with Crippen LogP contribution in [-0.4, -0.2) is 4.98 Å². The lowest BCUT2D eigenvalue weighted by Crippen LogP contribution is -1.95. The number of para-hydroxylation sites is 1. The Morgan fingerprint density at radius 2 is 1.52 bits per heavy atom. The van der Waals surface area contributed by atoms with Gasteiger partial charge < -0.3 is 5.32 Å². The van der Waals surface area contributed by atoms with Crippen LogP contribution in [-0.2, 0) is 6.42 Å². The lowest BCUT2D eigenvalue weighted by molar-refractivity contribution is 0.575. The van der Waals surface area contributed by atoms with Crippen molar-refractivity contribution in [3.63, 3.8) is 0 Å². The van der Waals surface area contributed by atoms with Gasteiger partial charge in [0.15, 0.2) is 0 Å². The molecule has 1 aromatic carbocycles. The number of hydrogen-bond acceptors (Lipinski definition) is 2. The second-order valence-electron chi connectivity index (χ2n) is 6.27. The smallest absolute Gasteiger partial charge is 0.130 e. The number of aromatic nitrogens is 1. The fourth-order valence-corrected chi connectivity index (χ4v) is 2.83. The Morgan fingerprint density at radius 3 is 2.26 bits per heavy atom. The maximum Gasteiger partial charge on any atom is 0.130 e. The van der Waals surface area contributed by atoms with E-state index in [2.05, 4.69) is 41.5 Å². The highest BCUT2D eigenvalue weighted by atomic mass is 15.0. The van der Waals surface area contributed by atoms with E-state index < -0.39 is 0 Å². The highest BCUT2D eigenvalue weighted by Gasteiger charge is 1.99. The van der Waals surface area contributed by atoms with Gasteiger partial charge in [0.05, 0.1) is 0 Å². The molecule has 0 saturated heterocycles. The molecular weight excluding hydrogens is 280 g/mol. The normalized spacial score (nSPS) is 10.7. The van der Waals surface area contributed by atoms with Crippen LogP contribution in [0, 0.1) is 0 Å². The van der Waals surface area contributed by atoms with Gasteiger partial charge in [0.25, 0.3) is 0 Å². The van der Waals surface area contributed by atoms with E-state index in [4.69, 9.17) is 0 Å². The average molecular weight is 310 g/mol. The molecule has 2 rings (SSSR count). The minimum atomic E-state index is 0.938.